The molecule has 3 rings (SSSR count). The van der Waals surface area contributed by atoms with Gasteiger partial charge in [0.15, 0.2) is 0 Å². The van der Waals surface area contributed by atoms with Crippen LogP contribution in [0.1, 0.15) is 17.5 Å². The summed E-state index contributed by atoms with van der Waals surface area (Å²) in [4.78, 5) is 6.15. The fourth-order valence-electron chi connectivity index (χ4n) is 2.75. The van der Waals surface area contributed by atoms with Gasteiger partial charge in [0.1, 0.15) is 12.4 Å². The van der Waals surface area contributed by atoms with Crippen LogP contribution in [0.4, 0.5) is 13.2 Å². The Labute approximate surface area is 146 Å². The number of ether oxygens (including phenoxy) is 1. The first-order valence-corrected chi connectivity index (χ1v) is 8.36. The van der Waals surface area contributed by atoms with E-state index in [-0.39, 0.29) is 6.10 Å². The number of aromatic nitrogens is 2. The van der Waals surface area contributed by atoms with Crippen LogP contribution < -0.4 is 0 Å². The van der Waals surface area contributed by atoms with E-state index in [0.717, 1.165) is 14.6 Å². The third-order valence-corrected chi connectivity index (χ3v) is 4.44. The Morgan fingerprint density at radius 1 is 1.25 bits per heavy atom. The number of imidazole rings is 1. The summed E-state index contributed by atoms with van der Waals surface area (Å²) in [5.74, 6) is 0.420. The Hall–Kier alpha value is -1.38. The molecule has 4 nitrogen and oxygen atoms in total. The molecular weight excluding hydrogens is 387 g/mol. The summed E-state index contributed by atoms with van der Waals surface area (Å²) in [5.41, 5.74) is 1.06. The summed E-state index contributed by atoms with van der Waals surface area (Å²) in [6, 6.07) is 7.88. The summed E-state index contributed by atoms with van der Waals surface area (Å²) in [6.07, 6.45) is -1.55. The maximum atomic E-state index is 12.6. The van der Waals surface area contributed by atoms with E-state index in [9.17, 15) is 13.2 Å². The summed E-state index contributed by atoms with van der Waals surface area (Å²) >= 11 is 3.40. The minimum Gasteiger partial charge on any atom is -0.371 e. The maximum Gasteiger partial charge on any atom is 0.406 e. The van der Waals surface area contributed by atoms with Gasteiger partial charge in [-0.15, -0.1) is 0 Å². The maximum absolute atomic E-state index is 12.6. The van der Waals surface area contributed by atoms with E-state index >= 15 is 0 Å². The lowest BCUT2D eigenvalue weighted by atomic mass is 10.1. The van der Waals surface area contributed by atoms with E-state index in [1.54, 1.807) is 0 Å². The fraction of sp³-hybridized carbons (Fsp3) is 0.438. The van der Waals surface area contributed by atoms with Crippen LogP contribution in [0.25, 0.3) is 0 Å². The number of alkyl halides is 3. The minimum absolute atomic E-state index is 0.0853. The monoisotopic (exact) mass is 403 g/mol. The fourth-order valence-corrected chi connectivity index (χ4v) is 3.02. The van der Waals surface area contributed by atoms with Gasteiger partial charge in [0.2, 0.25) is 0 Å². The third kappa shape index (κ3) is 4.58. The van der Waals surface area contributed by atoms with Crippen LogP contribution in [-0.2, 0) is 17.8 Å². The number of benzene rings is 1. The average Bonchev–Trinajstić information content (AvgIpc) is 2.93. The molecule has 1 aromatic heterocycles. The minimum atomic E-state index is -4.25. The molecule has 2 heterocycles. The number of hydrogen-bond donors (Lipinski definition) is 0. The summed E-state index contributed by atoms with van der Waals surface area (Å²) < 4.78 is 45.8. The molecule has 0 aliphatic carbocycles. The van der Waals surface area contributed by atoms with E-state index in [0.29, 0.717) is 32.1 Å². The highest BCUT2D eigenvalue weighted by atomic mass is 79.9. The molecule has 8 heteroatoms. The van der Waals surface area contributed by atoms with Gasteiger partial charge >= 0.3 is 6.18 Å². The molecule has 2 aromatic rings. The largest absolute Gasteiger partial charge is 0.406 e. The standard InChI is InChI=1S/C16H17BrF3N3O/c17-13-3-1-12(2-4-13)14-9-22(7-8-24-14)10-15-21-5-6-23(15)11-16(18,19)20/h1-6,14H,7-11H2. The van der Waals surface area contributed by atoms with Gasteiger partial charge in [-0.2, -0.15) is 13.2 Å². The Balaban J connectivity index is 1.66. The van der Waals surface area contributed by atoms with Crippen LogP contribution in [0.5, 0.6) is 0 Å². The molecule has 130 valence electrons. The van der Waals surface area contributed by atoms with Crippen molar-refractivity contribution >= 4 is 15.9 Å². The molecule has 0 N–H and O–H groups in total. The number of hydrogen-bond acceptors (Lipinski definition) is 3. The average molecular weight is 404 g/mol. The molecule has 0 amide bonds. The zero-order valence-electron chi connectivity index (χ0n) is 12.8. The van der Waals surface area contributed by atoms with Gasteiger partial charge < -0.3 is 9.30 Å². The van der Waals surface area contributed by atoms with E-state index in [1.807, 2.05) is 24.3 Å². The molecule has 24 heavy (non-hydrogen) atoms. The van der Waals surface area contributed by atoms with Crippen molar-refractivity contribution in [1.29, 1.82) is 0 Å². The van der Waals surface area contributed by atoms with Crippen molar-refractivity contribution in [2.75, 3.05) is 19.7 Å². The topological polar surface area (TPSA) is 30.3 Å². The van der Waals surface area contributed by atoms with Crippen LogP contribution in [-0.4, -0.2) is 40.3 Å². The van der Waals surface area contributed by atoms with E-state index in [1.165, 1.54) is 12.4 Å². The molecule has 1 aliphatic heterocycles. The molecule has 0 radical (unpaired) electrons. The highest BCUT2D eigenvalue weighted by Crippen LogP contribution is 2.25. The predicted molar refractivity (Wildman–Crippen MR) is 86.4 cm³/mol. The summed E-state index contributed by atoms with van der Waals surface area (Å²) in [6.45, 7) is 1.20. The van der Waals surface area contributed by atoms with Crippen LogP contribution >= 0.6 is 15.9 Å². The second-order valence-electron chi connectivity index (χ2n) is 5.73. The van der Waals surface area contributed by atoms with Crippen molar-refractivity contribution in [3.63, 3.8) is 0 Å². The number of halogens is 4. The van der Waals surface area contributed by atoms with Crippen molar-refractivity contribution < 1.29 is 17.9 Å². The molecule has 1 aliphatic rings. The van der Waals surface area contributed by atoms with Gasteiger partial charge in [0.25, 0.3) is 0 Å². The first-order chi connectivity index (χ1) is 11.4. The van der Waals surface area contributed by atoms with Crippen LogP contribution in [0.3, 0.4) is 0 Å². The quantitative estimate of drug-likeness (QED) is 0.777. The highest BCUT2D eigenvalue weighted by Gasteiger charge is 2.29. The number of rotatable bonds is 4. The zero-order chi connectivity index (χ0) is 17.2. The van der Waals surface area contributed by atoms with Gasteiger partial charge in [-0.25, -0.2) is 4.98 Å². The molecule has 0 bridgehead atoms. The number of morpholine rings is 1. The first-order valence-electron chi connectivity index (χ1n) is 7.57. The molecule has 1 unspecified atom stereocenters. The highest BCUT2D eigenvalue weighted by molar-refractivity contribution is 9.10. The molecule has 1 saturated heterocycles. The molecule has 1 aromatic carbocycles. The Bertz CT molecular complexity index is 672. The molecule has 0 spiro atoms. The van der Waals surface area contributed by atoms with Crippen molar-refractivity contribution in [2.24, 2.45) is 0 Å². The van der Waals surface area contributed by atoms with Crippen molar-refractivity contribution in [2.45, 2.75) is 25.4 Å². The molecule has 1 atom stereocenters. The lowest BCUT2D eigenvalue weighted by Gasteiger charge is -2.33. The smallest absolute Gasteiger partial charge is 0.371 e. The summed E-state index contributed by atoms with van der Waals surface area (Å²) in [5, 5.41) is 0. The molecule has 1 fully saturated rings. The van der Waals surface area contributed by atoms with E-state index in [4.69, 9.17) is 4.74 Å². The molecular formula is C16H17BrF3N3O. The van der Waals surface area contributed by atoms with Crippen LogP contribution in [0.15, 0.2) is 41.1 Å². The summed E-state index contributed by atoms with van der Waals surface area (Å²) in [7, 11) is 0. The Kier molecular flexibility index (Phi) is 5.27. The van der Waals surface area contributed by atoms with Gasteiger partial charge in [0, 0.05) is 30.0 Å². The second kappa shape index (κ2) is 7.25. The van der Waals surface area contributed by atoms with Crippen molar-refractivity contribution in [1.82, 2.24) is 14.5 Å². The zero-order valence-corrected chi connectivity index (χ0v) is 14.4. The van der Waals surface area contributed by atoms with Crippen molar-refractivity contribution in [3.05, 3.63) is 52.5 Å². The van der Waals surface area contributed by atoms with Crippen molar-refractivity contribution in [3.8, 4) is 0 Å². The van der Waals surface area contributed by atoms with Gasteiger partial charge in [-0.1, -0.05) is 28.1 Å². The predicted octanol–water partition coefficient (Wildman–Crippen LogP) is 3.78. The molecule has 0 saturated carbocycles. The van der Waals surface area contributed by atoms with Gasteiger partial charge in [-0.3, -0.25) is 4.90 Å². The normalized spacial score (nSPS) is 19.6. The van der Waals surface area contributed by atoms with Crippen LogP contribution in [0.2, 0.25) is 0 Å². The Morgan fingerprint density at radius 3 is 2.71 bits per heavy atom. The number of nitrogens with zero attached hydrogens (tertiary/aromatic N) is 3. The lowest BCUT2D eigenvalue weighted by molar-refractivity contribution is -0.141. The van der Waals surface area contributed by atoms with Gasteiger partial charge in [0.05, 0.1) is 19.3 Å². The lowest BCUT2D eigenvalue weighted by Crippen LogP contribution is -2.38. The third-order valence-electron chi connectivity index (χ3n) is 3.91. The SMILES string of the molecule is FC(F)(F)Cn1ccnc1CN1CCOC(c2ccc(Br)cc2)C1. The van der Waals surface area contributed by atoms with Gasteiger partial charge in [-0.05, 0) is 17.7 Å². The van der Waals surface area contributed by atoms with Crippen LogP contribution in [0, 0.1) is 0 Å². The van der Waals surface area contributed by atoms with E-state index < -0.39 is 12.7 Å². The second-order valence-corrected chi connectivity index (χ2v) is 6.65. The van der Waals surface area contributed by atoms with E-state index in [2.05, 4.69) is 25.8 Å². The Morgan fingerprint density at radius 2 is 2.00 bits per heavy atom. The first kappa shape index (κ1) is 17.4.